The maximum Gasteiger partial charge on any atom is 0.233 e. The zero-order valence-corrected chi connectivity index (χ0v) is 9.81. The average molecular weight is 236 g/mol. The first kappa shape index (κ1) is 13.1. The molecule has 0 aliphatic carbocycles. The average Bonchev–Trinajstić information content (AvgIpc) is 2.71. The van der Waals surface area contributed by atoms with Gasteiger partial charge in [-0.2, -0.15) is 10.4 Å². The summed E-state index contributed by atoms with van der Waals surface area (Å²) < 4.78 is 1.64. The number of hydrogen-bond acceptors (Lipinski definition) is 5. The molecule has 2 N–H and O–H groups in total. The van der Waals surface area contributed by atoms with Gasteiger partial charge in [0, 0.05) is 26.6 Å². The molecule has 17 heavy (non-hydrogen) atoms. The number of rotatable bonds is 7. The smallest absolute Gasteiger partial charge is 0.233 e. The van der Waals surface area contributed by atoms with Gasteiger partial charge in [-0.3, -0.25) is 9.48 Å². The van der Waals surface area contributed by atoms with Gasteiger partial charge >= 0.3 is 0 Å². The zero-order chi connectivity index (χ0) is 12.5. The van der Waals surface area contributed by atoms with Gasteiger partial charge in [-0.05, 0) is 0 Å². The van der Waals surface area contributed by atoms with E-state index >= 15 is 0 Å². The third-order valence-electron chi connectivity index (χ3n) is 2.02. The van der Waals surface area contributed by atoms with Crippen LogP contribution in [0.1, 0.15) is 12.2 Å². The first-order chi connectivity index (χ1) is 8.22. The Bertz CT molecular complexity index is 394. The van der Waals surface area contributed by atoms with Gasteiger partial charge in [0.05, 0.1) is 19.0 Å². The Labute approximate surface area is 99.8 Å². The van der Waals surface area contributed by atoms with E-state index in [4.69, 9.17) is 5.26 Å². The summed E-state index contributed by atoms with van der Waals surface area (Å²) >= 11 is 0. The third kappa shape index (κ3) is 5.63. The van der Waals surface area contributed by atoms with Crippen LogP contribution in [-0.2, 0) is 18.3 Å². The Kier molecular flexibility index (Phi) is 5.68. The number of aryl methyl sites for hydroxylation is 1. The second-order valence-electron chi connectivity index (χ2n) is 3.52. The molecule has 0 bridgehead atoms. The third-order valence-corrected chi connectivity index (χ3v) is 2.02. The number of nitriles is 1. The molecule has 0 atom stereocenters. The lowest BCUT2D eigenvalue weighted by Crippen LogP contribution is -2.35. The molecular weight excluding hydrogens is 220 g/mol. The molecule has 1 aromatic heterocycles. The summed E-state index contributed by atoms with van der Waals surface area (Å²) in [5.41, 5.74) is 0. The van der Waals surface area contributed by atoms with E-state index in [9.17, 15) is 4.79 Å². The van der Waals surface area contributed by atoms with Gasteiger partial charge in [-0.15, -0.1) is 0 Å². The number of aromatic nitrogens is 3. The Morgan fingerprint density at radius 3 is 3.06 bits per heavy atom. The fraction of sp³-hybridized carbons (Fsp3) is 0.600. The number of nitrogens with one attached hydrogen (secondary N) is 2. The molecule has 0 radical (unpaired) electrons. The highest BCUT2D eigenvalue weighted by molar-refractivity contribution is 5.77. The van der Waals surface area contributed by atoms with Gasteiger partial charge in [0.15, 0.2) is 5.82 Å². The standard InChI is InChI=1S/C10H16N6O/c1-16-8-14-9(15-16)3-6-12-7-10(17)13-5-2-4-11/h8,12H,2-3,5-7H2,1H3,(H,13,17). The van der Waals surface area contributed by atoms with Crippen molar-refractivity contribution in [2.24, 2.45) is 7.05 Å². The van der Waals surface area contributed by atoms with E-state index in [2.05, 4.69) is 20.7 Å². The van der Waals surface area contributed by atoms with Crippen molar-refractivity contribution < 1.29 is 4.79 Å². The van der Waals surface area contributed by atoms with Crippen molar-refractivity contribution >= 4 is 5.91 Å². The minimum absolute atomic E-state index is 0.103. The summed E-state index contributed by atoms with van der Waals surface area (Å²) in [7, 11) is 1.81. The highest BCUT2D eigenvalue weighted by Crippen LogP contribution is 1.87. The molecule has 0 spiro atoms. The maximum absolute atomic E-state index is 11.2. The first-order valence-corrected chi connectivity index (χ1v) is 5.41. The van der Waals surface area contributed by atoms with E-state index in [0.29, 0.717) is 25.9 Å². The van der Waals surface area contributed by atoms with Crippen LogP contribution in [0.2, 0.25) is 0 Å². The van der Waals surface area contributed by atoms with Crippen molar-refractivity contribution in [3.63, 3.8) is 0 Å². The quantitative estimate of drug-likeness (QED) is 0.591. The second-order valence-corrected chi connectivity index (χ2v) is 3.52. The first-order valence-electron chi connectivity index (χ1n) is 5.41. The number of amides is 1. The largest absolute Gasteiger partial charge is 0.354 e. The van der Waals surface area contributed by atoms with Crippen molar-refractivity contribution in [1.29, 1.82) is 5.26 Å². The van der Waals surface area contributed by atoms with E-state index in [0.717, 1.165) is 5.82 Å². The fourth-order valence-corrected chi connectivity index (χ4v) is 1.22. The Balaban J connectivity index is 2.04. The van der Waals surface area contributed by atoms with Crippen LogP contribution in [0.15, 0.2) is 6.33 Å². The van der Waals surface area contributed by atoms with Crippen LogP contribution >= 0.6 is 0 Å². The molecule has 1 rings (SSSR count). The van der Waals surface area contributed by atoms with Crippen molar-refractivity contribution in [1.82, 2.24) is 25.4 Å². The summed E-state index contributed by atoms with van der Waals surface area (Å²) in [5, 5.41) is 18.0. The normalized spacial score (nSPS) is 9.88. The molecule has 1 heterocycles. The lowest BCUT2D eigenvalue weighted by molar-refractivity contribution is -0.120. The molecule has 1 amide bonds. The minimum Gasteiger partial charge on any atom is -0.354 e. The summed E-state index contributed by atoms with van der Waals surface area (Å²) in [6, 6.07) is 1.96. The van der Waals surface area contributed by atoms with Gasteiger partial charge in [-0.1, -0.05) is 0 Å². The molecule has 0 saturated heterocycles. The van der Waals surface area contributed by atoms with Gasteiger partial charge in [0.2, 0.25) is 5.91 Å². The molecule has 7 heteroatoms. The molecule has 0 fully saturated rings. The van der Waals surface area contributed by atoms with Gasteiger partial charge in [0.25, 0.3) is 0 Å². The van der Waals surface area contributed by atoms with Crippen molar-refractivity contribution in [2.45, 2.75) is 12.8 Å². The predicted octanol–water partition coefficient (Wildman–Crippen LogP) is -1.02. The van der Waals surface area contributed by atoms with Crippen LogP contribution in [0.5, 0.6) is 0 Å². The molecule has 7 nitrogen and oxygen atoms in total. The number of nitrogens with zero attached hydrogens (tertiary/aromatic N) is 4. The van der Waals surface area contributed by atoms with Crippen LogP contribution in [0.3, 0.4) is 0 Å². The summed E-state index contributed by atoms with van der Waals surface area (Å²) in [6.45, 7) is 1.30. The Morgan fingerprint density at radius 1 is 1.59 bits per heavy atom. The lowest BCUT2D eigenvalue weighted by atomic mass is 10.4. The molecule has 0 aliphatic rings. The maximum atomic E-state index is 11.2. The molecule has 1 aromatic rings. The van der Waals surface area contributed by atoms with Crippen LogP contribution in [0.25, 0.3) is 0 Å². The van der Waals surface area contributed by atoms with Gasteiger partial charge < -0.3 is 10.6 Å². The second kappa shape index (κ2) is 7.35. The van der Waals surface area contributed by atoms with Crippen molar-refractivity contribution in [3.05, 3.63) is 12.2 Å². The minimum atomic E-state index is -0.103. The van der Waals surface area contributed by atoms with Crippen LogP contribution < -0.4 is 10.6 Å². The number of hydrogen-bond donors (Lipinski definition) is 2. The zero-order valence-electron chi connectivity index (χ0n) is 9.81. The predicted molar refractivity (Wildman–Crippen MR) is 60.8 cm³/mol. The highest BCUT2D eigenvalue weighted by Gasteiger charge is 2.01. The molecule has 0 unspecified atom stereocenters. The van der Waals surface area contributed by atoms with Crippen LogP contribution in [0.4, 0.5) is 0 Å². The Hall–Kier alpha value is -1.94. The van der Waals surface area contributed by atoms with Gasteiger partial charge in [-0.25, -0.2) is 4.98 Å². The van der Waals surface area contributed by atoms with E-state index in [1.165, 1.54) is 0 Å². The molecule has 92 valence electrons. The SMILES string of the molecule is Cn1cnc(CCNCC(=O)NCCC#N)n1. The molecule has 0 saturated carbocycles. The monoisotopic (exact) mass is 236 g/mol. The molecule has 0 aliphatic heterocycles. The van der Waals surface area contributed by atoms with Crippen molar-refractivity contribution in [2.75, 3.05) is 19.6 Å². The molecule has 0 aromatic carbocycles. The Morgan fingerprint density at radius 2 is 2.41 bits per heavy atom. The number of carbonyl (C=O) groups excluding carboxylic acids is 1. The van der Waals surface area contributed by atoms with Crippen molar-refractivity contribution in [3.8, 4) is 6.07 Å². The van der Waals surface area contributed by atoms with E-state index in [1.807, 2.05) is 13.1 Å². The van der Waals surface area contributed by atoms with Crippen LogP contribution in [0, 0.1) is 11.3 Å². The van der Waals surface area contributed by atoms with E-state index < -0.39 is 0 Å². The highest BCUT2D eigenvalue weighted by atomic mass is 16.1. The van der Waals surface area contributed by atoms with Gasteiger partial charge in [0.1, 0.15) is 6.33 Å². The summed E-state index contributed by atoms with van der Waals surface area (Å²) in [6.07, 6.45) is 2.67. The molecular formula is C10H16N6O. The van der Waals surface area contributed by atoms with E-state index in [1.54, 1.807) is 11.0 Å². The number of carbonyl (C=O) groups is 1. The topological polar surface area (TPSA) is 95.6 Å². The van der Waals surface area contributed by atoms with Crippen LogP contribution in [-0.4, -0.2) is 40.3 Å². The van der Waals surface area contributed by atoms with E-state index in [-0.39, 0.29) is 12.5 Å². The summed E-state index contributed by atoms with van der Waals surface area (Å²) in [5.74, 6) is 0.652. The summed E-state index contributed by atoms with van der Waals surface area (Å²) in [4.78, 5) is 15.3. The lowest BCUT2D eigenvalue weighted by Gasteiger charge is -2.03. The fourth-order valence-electron chi connectivity index (χ4n) is 1.22.